The maximum Gasteiger partial charge on any atom is 0.287 e. The fourth-order valence-electron chi connectivity index (χ4n) is 1.50. The molecule has 0 unspecified atom stereocenters. The molecular formula is C11H12BrN3O. The van der Waals surface area contributed by atoms with Crippen LogP contribution in [0.15, 0.2) is 27.6 Å². The number of aromatic amines is 1. The number of halogens is 1. The first-order chi connectivity index (χ1) is 7.63. The molecule has 0 aliphatic heterocycles. The smallest absolute Gasteiger partial charge is 0.287 e. The standard InChI is InChI=1S/C11H12BrN3O/c1-3-8-10(12)11(16)15(14-8)9-6-7(2)4-5-13-9/h4-6,14H,3H2,1-2H3. The van der Waals surface area contributed by atoms with E-state index in [1.807, 2.05) is 26.0 Å². The molecule has 0 fully saturated rings. The summed E-state index contributed by atoms with van der Waals surface area (Å²) in [7, 11) is 0. The molecule has 4 nitrogen and oxygen atoms in total. The highest BCUT2D eigenvalue weighted by atomic mass is 79.9. The van der Waals surface area contributed by atoms with Crippen LogP contribution < -0.4 is 5.56 Å². The Hall–Kier alpha value is -1.36. The maximum absolute atomic E-state index is 11.9. The summed E-state index contributed by atoms with van der Waals surface area (Å²) >= 11 is 3.28. The molecule has 0 saturated carbocycles. The number of nitrogens with zero attached hydrogens (tertiary/aromatic N) is 2. The molecule has 16 heavy (non-hydrogen) atoms. The second-order valence-electron chi connectivity index (χ2n) is 3.59. The lowest BCUT2D eigenvalue weighted by Gasteiger charge is -2.01. The average molecular weight is 282 g/mol. The van der Waals surface area contributed by atoms with Crippen molar-refractivity contribution in [2.45, 2.75) is 20.3 Å². The number of pyridine rings is 1. The van der Waals surface area contributed by atoms with E-state index in [4.69, 9.17) is 0 Å². The first kappa shape index (κ1) is 11.1. The summed E-state index contributed by atoms with van der Waals surface area (Å²) < 4.78 is 2.04. The van der Waals surface area contributed by atoms with Crippen LogP contribution in [0.1, 0.15) is 18.2 Å². The minimum Gasteiger partial charge on any atom is -0.292 e. The third kappa shape index (κ3) is 1.82. The fourth-order valence-corrected chi connectivity index (χ4v) is 2.05. The van der Waals surface area contributed by atoms with Gasteiger partial charge in [0.1, 0.15) is 4.47 Å². The first-order valence-corrected chi connectivity index (χ1v) is 5.85. The van der Waals surface area contributed by atoms with Crippen molar-refractivity contribution in [2.24, 2.45) is 0 Å². The minimum atomic E-state index is -0.102. The lowest BCUT2D eigenvalue weighted by atomic mass is 10.3. The van der Waals surface area contributed by atoms with Crippen LogP contribution in [-0.2, 0) is 6.42 Å². The molecule has 2 heterocycles. The van der Waals surface area contributed by atoms with Gasteiger partial charge in [0.25, 0.3) is 5.56 Å². The molecule has 84 valence electrons. The summed E-state index contributed by atoms with van der Waals surface area (Å²) in [5.41, 5.74) is 1.85. The van der Waals surface area contributed by atoms with Gasteiger partial charge in [-0.3, -0.25) is 9.89 Å². The molecule has 5 heteroatoms. The van der Waals surface area contributed by atoms with E-state index in [1.165, 1.54) is 4.68 Å². The molecule has 0 bridgehead atoms. The number of aromatic nitrogens is 3. The SMILES string of the molecule is CCc1[nH]n(-c2cc(C)ccn2)c(=O)c1Br. The van der Waals surface area contributed by atoms with Crippen molar-refractivity contribution in [2.75, 3.05) is 0 Å². The van der Waals surface area contributed by atoms with Crippen molar-refractivity contribution in [3.05, 3.63) is 44.4 Å². The van der Waals surface area contributed by atoms with Gasteiger partial charge in [-0.1, -0.05) is 6.92 Å². The van der Waals surface area contributed by atoms with Gasteiger partial charge in [-0.2, -0.15) is 0 Å². The monoisotopic (exact) mass is 281 g/mol. The second kappa shape index (κ2) is 4.25. The average Bonchev–Trinajstić information content (AvgIpc) is 2.56. The summed E-state index contributed by atoms with van der Waals surface area (Å²) in [6.07, 6.45) is 2.46. The zero-order valence-electron chi connectivity index (χ0n) is 9.12. The summed E-state index contributed by atoms with van der Waals surface area (Å²) in [5, 5.41) is 3.04. The maximum atomic E-state index is 11.9. The molecule has 0 aromatic carbocycles. The van der Waals surface area contributed by atoms with Crippen LogP contribution in [0.5, 0.6) is 0 Å². The molecule has 0 saturated heterocycles. The molecule has 0 radical (unpaired) electrons. The summed E-state index contributed by atoms with van der Waals surface area (Å²) in [4.78, 5) is 16.1. The first-order valence-electron chi connectivity index (χ1n) is 5.06. The van der Waals surface area contributed by atoms with E-state index in [0.29, 0.717) is 10.3 Å². The second-order valence-corrected chi connectivity index (χ2v) is 4.38. The largest absolute Gasteiger partial charge is 0.292 e. The molecule has 0 aliphatic rings. The lowest BCUT2D eigenvalue weighted by molar-refractivity contribution is 0.793. The van der Waals surface area contributed by atoms with Crippen LogP contribution in [0.25, 0.3) is 5.82 Å². The Morgan fingerprint density at radius 3 is 2.88 bits per heavy atom. The fraction of sp³-hybridized carbons (Fsp3) is 0.273. The zero-order valence-corrected chi connectivity index (χ0v) is 10.7. The molecule has 0 aliphatic carbocycles. The summed E-state index contributed by atoms with van der Waals surface area (Å²) in [6.45, 7) is 3.96. The van der Waals surface area contributed by atoms with Crippen LogP contribution in [0.4, 0.5) is 0 Å². The predicted octanol–water partition coefficient (Wildman–Crippen LogP) is 2.19. The highest BCUT2D eigenvalue weighted by molar-refractivity contribution is 9.10. The Kier molecular flexibility index (Phi) is 2.96. The zero-order chi connectivity index (χ0) is 11.7. The van der Waals surface area contributed by atoms with Gasteiger partial charge in [-0.25, -0.2) is 9.67 Å². The molecule has 0 atom stereocenters. The molecular weight excluding hydrogens is 270 g/mol. The van der Waals surface area contributed by atoms with Gasteiger partial charge in [-0.15, -0.1) is 0 Å². The number of H-pyrrole nitrogens is 1. The molecule has 0 amide bonds. The number of hydrogen-bond acceptors (Lipinski definition) is 2. The number of nitrogens with one attached hydrogen (secondary N) is 1. The van der Waals surface area contributed by atoms with Crippen LogP contribution in [0.2, 0.25) is 0 Å². The van der Waals surface area contributed by atoms with E-state index in [1.54, 1.807) is 6.20 Å². The lowest BCUT2D eigenvalue weighted by Crippen LogP contribution is -2.15. The van der Waals surface area contributed by atoms with Gasteiger partial charge in [0, 0.05) is 6.20 Å². The molecule has 0 spiro atoms. The van der Waals surface area contributed by atoms with Crippen molar-refractivity contribution < 1.29 is 0 Å². The Balaban J connectivity index is 2.61. The van der Waals surface area contributed by atoms with Gasteiger partial charge in [0.2, 0.25) is 0 Å². The Labute approximate surface area is 101 Å². The Morgan fingerprint density at radius 2 is 2.31 bits per heavy atom. The van der Waals surface area contributed by atoms with E-state index < -0.39 is 0 Å². The van der Waals surface area contributed by atoms with Gasteiger partial charge in [-0.05, 0) is 47.0 Å². The van der Waals surface area contributed by atoms with E-state index in [0.717, 1.165) is 17.7 Å². The van der Waals surface area contributed by atoms with Gasteiger partial charge < -0.3 is 0 Å². The van der Waals surface area contributed by atoms with Gasteiger partial charge in [0.15, 0.2) is 5.82 Å². The predicted molar refractivity (Wildman–Crippen MR) is 66.0 cm³/mol. The Bertz CT molecular complexity index is 571. The third-order valence-electron chi connectivity index (χ3n) is 2.39. The quantitative estimate of drug-likeness (QED) is 0.918. The Morgan fingerprint density at radius 1 is 1.56 bits per heavy atom. The van der Waals surface area contributed by atoms with Crippen LogP contribution in [0, 0.1) is 6.92 Å². The summed E-state index contributed by atoms with van der Waals surface area (Å²) in [6, 6.07) is 3.76. The van der Waals surface area contributed by atoms with Crippen LogP contribution in [0.3, 0.4) is 0 Å². The minimum absolute atomic E-state index is 0.102. The molecule has 2 aromatic rings. The third-order valence-corrected chi connectivity index (χ3v) is 3.20. The van der Waals surface area contributed by atoms with Crippen molar-refractivity contribution in [3.63, 3.8) is 0 Å². The van der Waals surface area contributed by atoms with E-state index >= 15 is 0 Å². The van der Waals surface area contributed by atoms with Crippen LogP contribution >= 0.6 is 15.9 Å². The normalized spacial score (nSPS) is 10.7. The van der Waals surface area contributed by atoms with E-state index in [9.17, 15) is 4.79 Å². The van der Waals surface area contributed by atoms with Crippen molar-refractivity contribution in [1.82, 2.24) is 14.8 Å². The molecule has 2 rings (SSSR count). The number of hydrogen-bond donors (Lipinski definition) is 1. The van der Waals surface area contributed by atoms with Gasteiger partial charge >= 0.3 is 0 Å². The van der Waals surface area contributed by atoms with E-state index in [-0.39, 0.29) is 5.56 Å². The topological polar surface area (TPSA) is 50.7 Å². The highest BCUT2D eigenvalue weighted by Crippen LogP contribution is 2.12. The summed E-state index contributed by atoms with van der Waals surface area (Å²) in [5.74, 6) is 0.616. The number of rotatable bonds is 2. The molecule has 2 aromatic heterocycles. The van der Waals surface area contributed by atoms with Gasteiger partial charge in [0.05, 0.1) is 5.69 Å². The molecule has 1 N–H and O–H groups in total. The van der Waals surface area contributed by atoms with Crippen molar-refractivity contribution in [1.29, 1.82) is 0 Å². The van der Waals surface area contributed by atoms with Crippen molar-refractivity contribution in [3.8, 4) is 5.82 Å². The van der Waals surface area contributed by atoms with Crippen LogP contribution in [-0.4, -0.2) is 14.8 Å². The van der Waals surface area contributed by atoms with E-state index in [2.05, 4.69) is 26.0 Å². The highest BCUT2D eigenvalue weighted by Gasteiger charge is 2.11. The van der Waals surface area contributed by atoms with Crippen molar-refractivity contribution >= 4 is 15.9 Å². The number of aryl methyl sites for hydroxylation is 2.